The van der Waals surface area contributed by atoms with E-state index in [0.29, 0.717) is 0 Å². The summed E-state index contributed by atoms with van der Waals surface area (Å²) in [4.78, 5) is 2.35. The van der Waals surface area contributed by atoms with Crippen LogP contribution >= 0.6 is 15.9 Å². The molecule has 0 unspecified atom stereocenters. The summed E-state index contributed by atoms with van der Waals surface area (Å²) < 4.78 is 3.20. The van der Waals surface area contributed by atoms with Gasteiger partial charge in [-0.15, -0.1) is 10.2 Å². The lowest BCUT2D eigenvalue weighted by Gasteiger charge is -2.27. The van der Waals surface area contributed by atoms with E-state index < -0.39 is 0 Å². The molecule has 1 aliphatic heterocycles. The zero-order chi connectivity index (χ0) is 12.5. The predicted molar refractivity (Wildman–Crippen MR) is 72.7 cm³/mol. The second-order valence-electron chi connectivity index (χ2n) is 4.50. The van der Waals surface area contributed by atoms with Crippen molar-refractivity contribution in [2.24, 2.45) is 0 Å². The summed E-state index contributed by atoms with van der Waals surface area (Å²) in [6.45, 7) is 3.66. The second kappa shape index (κ2) is 4.70. The predicted octanol–water partition coefficient (Wildman–Crippen LogP) is 1.64. The summed E-state index contributed by atoms with van der Waals surface area (Å²) >= 11 is 3.57. The van der Waals surface area contributed by atoms with Gasteiger partial charge in [-0.1, -0.05) is 15.9 Å². The monoisotopic (exact) mass is 307 g/mol. The second-order valence-corrected chi connectivity index (χ2v) is 5.36. The molecule has 5 nitrogen and oxygen atoms in total. The van der Waals surface area contributed by atoms with Crippen LogP contribution in [0.5, 0.6) is 0 Å². The van der Waals surface area contributed by atoms with Gasteiger partial charge in [0.1, 0.15) is 12.2 Å². The molecular weight excluding hydrogens is 294 g/mol. The number of benzene rings is 1. The molecule has 18 heavy (non-hydrogen) atoms. The third-order valence-corrected chi connectivity index (χ3v) is 3.96. The highest BCUT2D eigenvalue weighted by Gasteiger charge is 2.18. The number of aromatic nitrogens is 3. The van der Waals surface area contributed by atoms with E-state index in [0.717, 1.165) is 42.2 Å². The van der Waals surface area contributed by atoms with Crippen LogP contribution < -0.4 is 5.73 Å². The first-order valence-corrected chi connectivity index (χ1v) is 6.64. The topological polar surface area (TPSA) is 60.0 Å². The summed E-state index contributed by atoms with van der Waals surface area (Å²) in [6, 6.07) is 5.92. The summed E-state index contributed by atoms with van der Waals surface area (Å²) in [5, 5.41) is 8.06. The van der Waals surface area contributed by atoms with Gasteiger partial charge >= 0.3 is 0 Å². The Morgan fingerprint density at radius 1 is 1.33 bits per heavy atom. The number of nitrogens with zero attached hydrogens (tertiary/aromatic N) is 4. The molecule has 3 rings (SSSR count). The highest BCUT2D eigenvalue weighted by atomic mass is 79.9. The van der Waals surface area contributed by atoms with Crippen molar-refractivity contribution < 1.29 is 0 Å². The molecule has 2 N–H and O–H groups in total. The van der Waals surface area contributed by atoms with E-state index in [1.54, 1.807) is 6.33 Å². The highest BCUT2D eigenvalue weighted by Crippen LogP contribution is 2.22. The number of fused-ring (bicyclic) bond motifs is 1. The lowest BCUT2D eigenvalue weighted by molar-refractivity contribution is 0.208. The lowest BCUT2D eigenvalue weighted by atomic mass is 10.2. The summed E-state index contributed by atoms with van der Waals surface area (Å²) in [5.41, 5.74) is 7.84. The van der Waals surface area contributed by atoms with E-state index in [1.165, 1.54) is 5.56 Å². The van der Waals surface area contributed by atoms with E-state index >= 15 is 0 Å². The third-order valence-electron chi connectivity index (χ3n) is 3.18. The number of nitrogen functional groups attached to an aromatic ring is 1. The van der Waals surface area contributed by atoms with Crippen LogP contribution in [0.3, 0.4) is 0 Å². The molecule has 0 saturated carbocycles. The molecule has 0 amide bonds. The number of anilines is 1. The summed E-state index contributed by atoms with van der Waals surface area (Å²) in [7, 11) is 0. The van der Waals surface area contributed by atoms with Gasteiger partial charge in [-0.3, -0.25) is 4.90 Å². The Morgan fingerprint density at radius 2 is 2.22 bits per heavy atom. The van der Waals surface area contributed by atoms with E-state index in [-0.39, 0.29) is 0 Å². The Morgan fingerprint density at radius 3 is 3.11 bits per heavy atom. The fraction of sp³-hybridized carbons (Fsp3) is 0.333. The maximum absolute atomic E-state index is 5.83. The molecule has 2 heterocycles. The molecule has 2 aromatic rings. The molecule has 0 fully saturated rings. The fourth-order valence-corrected chi connectivity index (χ4v) is 2.58. The van der Waals surface area contributed by atoms with Gasteiger partial charge in [-0.25, -0.2) is 0 Å². The minimum absolute atomic E-state index is 0.799. The first-order valence-electron chi connectivity index (χ1n) is 5.85. The van der Waals surface area contributed by atoms with Gasteiger partial charge in [-0.05, 0) is 23.8 Å². The zero-order valence-corrected chi connectivity index (χ0v) is 11.5. The van der Waals surface area contributed by atoms with Gasteiger partial charge in [0.25, 0.3) is 0 Å². The lowest BCUT2D eigenvalue weighted by Crippen LogP contribution is -2.33. The average molecular weight is 308 g/mol. The molecule has 1 aliphatic rings. The third kappa shape index (κ3) is 2.26. The Bertz CT molecular complexity index is 565. The quantitative estimate of drug-likeness (QED) is 0.857. The molecular formula is C12H14BrN5. The van der Waals surface area contributed by atoms with Crippen molar-refractivity contribution in [2.75, 3.05) is 12.3 Å². The van der Waals surface area contributed by atoms with E-state index in [1.807, 2.05) is 18.2 Å². The normalized spacial score (nSPS) is 15.6. The fourth-order valence-electron chi connectivity index (χ4n) is 2.21. The van der Waals surface area contributed by atoms with Gasteiger partial charge in [0.15, 0.2) is 0 Å². The molecule has 0 aliphatic carbocycles. The molecule has 0 bridgehead atoms. The van der Waals surface area contributed by atoms with Crippen molar-refractivity contribution in [1.29, 1.82) is 0 Å². The summed E-state index contributed by atoms with van der Waals surface area (Å²) in [5.74, 6) is 1.03. The van der Waals surface area contributed by atoms with Crippen molar-refractivity contribution in [3.63, 3.8) is 0 Å². The molecule has 6 heteroatoms. The van der Waals surface area contributed by atoms with Crippen LogP contribution in [-0.4, -0.2) is 26.2 Å². The van der Waals surface area contributed by atoms with E-state index in [9.17, 15) is 0 Å². The maximum atomic E-state index is 5.83. The first-order chi connectivity index (χ1) is 8.72. The molecule has 94 valence electrons. The van der Waals surface area contributed by atoms with Crippen LogP contribution in [0.2, 0.25) is 0 Å². The Balaban J connectivity index is 1.76. The maximum Gasteiger partial charge on any atom is 0.147 e. The Kier molecular flexibility index (Phi) is 3.05. The average Bonchev–Trinajstić information content (AvgIpc) is 2.81. The van der Waals surface area contributed by atoms with Crippen LogP contribution in [0.25, 0.3) is 0 Å². The molecule has 0 radical (unpaired) electrons. The molecule has 0 atom stereocenters. The minimum atomic E-state index is 0.799. The molecule has 0 saturated heterocycles. The molecule has 1 aromatic heterocycles. The van der Waals surface area contributed by atoms with Gasteiger partial charge < -0.3 is 10.3 Å². The van der Waals surface area contributed by atoms with Gasteiger partial charge in [0.05, 0.1) is 6.54 Å². The Labute approximate surface area is 114 Å². The minimum Gasteiger partial charge on any atom is -0.399 e. The van der Waals surface area contributed by atoms with Crippen LogP contribution in [0.15, 0.2) is 29.0 Å². The van der Waals surface area contributed by atoms with E-state index in [2.05, 4.69) is 35.6 Å². The molecule has 0 spiro atoms. The standard InChI is InChI=1S/C12H14BrN5/c13-11-2-1-10(14)5-9(11)6-17-3-4-18-8-15-16-12(18)7-17/h1-2,5,8H,3-4,6-7,14H2. The van der Waals surface area contributed by atoms with Crippen molar-refractivity contribution in [3.05, 3.63) is 40.4 Å². The van der Waals surface area contributed by atoms with Crippen molar-refractivity contribution in [2.45, 2.75) is 19.6 Å². The van der Waals surface area contributed by atoms with Gasteiger partial charge in [0.2, 0.25) is 0 Å². The van der Waals surface area contributed by atoms with Crippen LogP contribution in [0, 0.1) is 0 Å². The van der Waals surface area contributed by atoms with Crippen LogP contribution in [0.4, 0.5) is 5.69 Å². The van der Waals surface area contributed by atoms with Crippen LogP contribution in [0.1, 0.15) is 11.4 Å². The Hall–Kier alpha value is -1.40. The van der Waals surface area contributed by atoms with Crippen molar-refractivity contribution >= 4 is 21.6 Å². The molecule has 1 aromatic carbocycles. The van der Waals surface area contributed by atoms with Crippen molar-refractivity contribution in [1.82, 2.24) is 19.7 Å². The largest absolute Gasteiger partial charge is 0.399 e. The first kappa shape index (κ1) is 11.7. The zero-order valence-electron chi connectivity index (χ0n) is 9.88. The number of hydrogen-bond donors (Lipinski definition) is 1. The number of halogens is 1. The van der Waals surface area contributed by atoms with Gasteiger partial charge in [0, 0.05) is 29.8 Å². The highest BCUT2D eigenvalue weighted by molar-refractivity contribution is 9.10. The van der Waals surface area contributed by atoms with Crippen molar-refractivity contribution in [3.8, 4) is 0 Å². The smallest absolute Gasteiger partial charge is 0.147 e. The number of nitrogens with two attached hydrogens (primary N) is 1. The number of hydrogen-bond acceptors (Lipinski definition) is 4. The van der Waals surface area contributed by atoms with Gasteiger partial charge in [-0.2, -0.15) is 0 Å². The number of rotatable bonds is 2. The van der Waals surface area contributed by atoms with Crippen LogP contribution in [-0.2, 0) is 19.6 Å². The van der Waals surface area contributed by atoms with E-state index in [4.69, 9.17) is 5.73 Å². The SMILES string of the molecule is Nc1ccc(Br)c(CN2CCn3cnnc3C2)c1. The summed E-state index contributed by atoms with van der Waals surface area (Å²) in [6.07, 6.45) is 1.79.